The molecule has 0 fully saturated rings. The van der Waals surface area contributed by atoms with Crippen molar-refractivity contribution in [3.8, 4) is 34.0 Å². The number of benzene rings is 2. The summed E-state index contributed by atoms with van der Waals surface area (Å²) in [6.07, 6.45) is 3.14. The molecule has 0 spiro atoms. The maximum absolute atomic E-state index is 14.2. The molecular formula is C26H16FN5O3S. The van der Waals surface area contributed by atoms with Gasteiger partial charge < -0.3 is 4.74 Å². The van der Waals surface area contributed by atoms with E-state index in [2.05, 4.69) is 4.98 Å². The Bertz CT molecular complexity index is 1870. The van der Waals surface area contributed by atoms with Crippen LogP contribution < -0.4 is 16.0 Å². The van der Waals surface area contributed by atoms with Gasteiger partial charge in [0.25, 0.3) is 5.56 Å². The monoisotopic (exact) mass is 497 g/mol. The number of pyridine rings is 1. The number of hydrogen-bond donors (Lipinski definition) is 0. The highest BCUT2D eigenvalue weighted by atomic mass is 32.1. The Morgan fingerprint density at radius 2 is 1.94 bits per heavy atom. The Morgan fingerprint density at radius 3 is 2.69 bits per heavy atom. The van der Waals surface area contributed by atoms with Crippen LogP contribution in [0.5, 0.6) is 5.75 Å². The van der Waals surface area contributed by atoms with Gasteiger partial charge in [0.2, 0.25) is 0 Å². The van der Waals surface area contributed by atoms with Crippen molar-refractivity contribution in [3.05, 3.63) is 87.1 Å². The van der Waals surface area contributed by atoms with Crippen LogP contribution in [0.1, 0.15) is 12.0 Å². The highest BCUT2D eigenvalue weighted by Gasteiger charge is 2.21. The van der Waals surface area contributed by atoms with Gasteiger partial charge in [-0.15, -0.1) is 11.3 Å². The number of fused-ring (bicyclic) bond motifs is 2. The number of halogens is 1. The van der Waals surface area contributed by atoms with Gasteiger partial charge in [-0.1, -0.05) is 24.3 Å². The normalized spacial score (nSPS) is 10.9. The van der Waals surface area contributed by atoms with Gasteiger partial charge in [0.15, 0.2) is 11.6 Å². The quantitative estimate of drug-likeness (QED) is 0.356. The molecule has 0 aliphatic heterocycles. The van der Waals surface area contributed by atoms with Gasteiger partial charge in [0, 0.05) is 34.0 Å². The van der Waals surface area contributed by atoms with Crippen molar-refractivity contribution < 1.29 is 9.13 Å². The molecule has 0 atom stereocenters. The topological polar surface area (TPSA) is 114 Å². The van der Waals surface area contributed by atoms with Crippen LogP contribution >= 0.6 is 11.3 Å². The number of hydrogen-bond acceptors (Lipinski definition) is 7. The summed E-state index contributed by atoms with van der Waals surface area (Å²) in [6.45, 7) is 0.0539. The Hall–Kier alpha value is -4.80. The molecule has 0 saturated heterocycles. The third-order valence-corrected chi connectivity index (χ3v) is 6.98. The van der Waals surface area contributed by atoms with Crippen molar-refractivity contribution in [2.75, 3.05) is 7.11 Å². The number of nitrogens with zero attached hydrogens (tertiary/aromatic N) is 5. The molecule has 0 unspecified atom stereocenters. The maximum atomic E-state index is 14.2. The highest BCUT2D eigenvalue weighted by molar-refractivity contribution is 7.22. The molecule has 0 aliphatic carbocycles. The molecule has 10 heteroatoms. The molecule has 3 heterocycles. The number of rotatable bonds is 5. The Morgan fingerprint density at radius 1 is 1.14 bits per heavy atom. The molecule has 5 aromatic rings. The van der Waals surface area contributed by atoms with Crippen LogP contribution in [-0.2, 0) is 6.54 Å². The largest absolute Gasteiger partial charge is 0.494 e. The molecule has 0 N–H and O–H groups in total. The number of aryl methyl sites for hydroxylation is 1. The zero-order chi connectivity index (χ0) is 25.4. The van der Waals surface area contributed by atoms with Crippen molar-refractivity contribution in [2.45, 2.75) is 13.0 Å². The fourth-order valence-electron chi connectivity index (χ4n) is 4.16. The third-order valence-electron chi connectivity index (χ3n) is 5.84. The number of aromatic nitrogens is 3. The SMILES string of the molecule is COc1cc(-c2cc3c(s2)c(=O)n(-c2cncc4ccccc24)c(=O)n3CCC#N)c(C#N)cc1F. The minimum Gasteiger partial charge on any atom is -0.494 e. The first kappa shape index (κ1) is 23.0. The number of nitriles is 2. The molecule has 0 amide bonds. The van der Waals surface area contributed by atoms with E-state index in [1.54, 1.807) is 24.4 Å². The predicted molar refractivity (Wildman–Crippen MR) is 134 cm³/mol. The average Bonchev–Trinajstić information content (AvgIpc) is 3.34. The summed E-state index contributed by atoms with van der Waals surface area (Å²) in [5, 5.41) is 20.2. The Labute approximate surface area is 207 Å². The van der Waals surface area contributed by atoms with Crippen LogP contribution in [0.15, 0.2) is 64.4 Å². The molecule has 0 bridgehead atoms. The fourth-order valence-corrected chi connectivity index (χ4v) is 5.28. The summed E-state index contributed by atoms with van der Waals surface area (Å²) in [7, 11) is 1.32. The smallest absolute Gasteiger partial charge is 0.336 e. The molecule has 176 valence electrons. The lowest BCUT2D eigenvalue weighted by Crippen LogP contribution is -2.38. The van der Waals surface area contributed by atoms with Crippen LogP contribution in [0.25, 0.3) is 37.1 Å². The molecule has 3 aromatic heterocycles. The standard InChI is InChI=1S/C26H16FN5O3S/c1-35-22-10-18(16(12-29)9-19(22)27)23-11-20-24(36-23)25(33)32(26(34)31(20)8-4-7-28)21-14-30-13-15-5-2-3-6-17(15)21/h2-3,5-6,9-11,13-14H,4,8H2,1H3. The van der Waals surface area contributed by atoms with E-state index in [1.165, 1.54) is 23.9 Å². The summed E-state index contributed by atoms with van der Waals surface area (Å²) in [5.41, 5.74) is -0.0743. The number of ether oxygens (including phenoxy) is 1. The highest BCUT2D eigenvalue weighted by Crippen LogP contribution is 2.36. The molecule has 0 saturated carbocycles. The van der Waals surface area contributed by atoms with Gasteiger partial charge in [0.05, 0.1) is 48.6 Å². The van der Waals surface area contributed by atoms with Gasteiger partial charge in [-0.3, -0.25) is 14.3 Å². The van der Waals surface area contributed by atoms with Crippen LogP contribution in [-0.4, -0.2) is 21.2 Å². The van der Waals surface area contributed by atoms with Gasteiger partial charge in [-0.2, -0.15) is 10.5 Å². The lowest BCUT2D eigenvalue weighted by molar-refractivity contribution is 0.386. The van der Waals surface area contributed by atoms with Crippen molar-refractivity contribution in [1.29, 1.82) is 10.5 Å². The molecule has 8 nitrogen and oxygen atoms in total. The van der Waals surface area contributed by atoms with Gasteiger partial charge >= 0.3 is 5.69 Å². The summed E-state index contributed by atoms with van der Waals surface area (Å²) < 4.78 is 22.0. The van der Waals surface area contributed by atoms with E-state index in [4.69, 9.17) is 4.74 Å². The minimum absolute atomic E-state index is 0.0417. The third kappa shape index (κ3) is 3.61. The van der Waals surface area contributed by atoms with E-state index in [0.29, 0.717) is 27.0 Å². The van der Waals surface area contributed by atoms with E-state index in [1.807, 2.05) is 24.3 Å². The second-order valence-corrected chi connectivity index (χ2v) is 8.88. The van der Waals surface area contributed by atoms with E-state index in [9.17, 15) is 24.5 Å². The molecule has 5 rings (SSSR count). The minimum atomic E-state index is -0.685. The second-order valence-electron chi connectivity index (χ2n) is 7.83. The van der Waals surface area contributed by atoms with Crippen LogP contribution in [0.4, 0.5) is 4.39 Å². The zero-order valence-electron chi connectivity index (χ0n) is 18.9. The molecule has 2 aromatic carbocycles. The van der Waals surface area contributed by atoms with Gasteiger partial charge in [0.1, 0.15) is 4.70 Å². The predicted octanol–water partition coefficient (Wildman–Crippen LogP) is 4.36. The van der Waals surface area contributed by atoms with Gasteiger partial charge in [-0.25, -0.2) is 13.8 Å². The van der Waals surface area contributed by atoms with Crippen molar-refractivity contribution in [2.24, 2.45) is 0 Å². The summed E-state index contributed by atoms with van der Waals surface area (Å²) in [6, 6.07) is 15.3. The number of thiophene rings is 1. The first-order chi connectivity index (χ1) is 17.5. The van der Waals surface area contributed by atoms with E-state index in [-0.39, 0.29) is 29.0 Å². The molecule has 0 radical (unpaired) electrons. The van der Waals surface area contributed by atoms with Crippen molar-refractivity contribution in [3.63, 3.8) is 0 Å². The fraction of sp³-hybridized carbons (Fsp3) is 0.115. The van der Waals surface area contributed by atoms with E-state index >= 15 is 0 Å². The Balaban J connectivity index is 1.86. The molecular weight excluding hydrogens is 481 g/mol. The maximum Gasteiger partial charge on any atom is 0.336 e. The van der Waals surface area contributed by atoms with E-state index in [0.717, 1.165) is 27.4 Å². The zero-order valence-corrected chi connectivity index (χ0v) is 19.7. The number of methoxy groups -OCH3 is 1. The molecule has 36 heavy (non-hydrogen) atoms. The lowest BCUT2D eigenvalue weighted by Gasteiger charge is -2.12. The van der Waals surface area contributed by atoms with Crippen LogP contribution in [0.3, 0.4) is 0 Å². The first-order valence-electron chi connectivity index (χ1n) is 10.8. The summed E-state index contributed by atoms with van der Waals surface area (Å²) in [4.78, 5) is 32.0. The Kier molecular flexibility index (Phi) is 5.80. The van der Waals surface area contributed by atoms with Crippen molar-refractivity contribution in [1.82, 2.24) is 14.1 Å². The second kappa shape index (κ2) is 9.10. The first-order valence-corrected chi connectivity index (χ1v) is 11.6. The van der Waals surface area contributed by atoms with Crippen LogP contribution in [0, 0.1) is 28.5 Å². The average molecular weight is 498 g/mol. The van der Waals surface area contributed by atoms with Gasteiger partial charge in [-0.05, 0) is 18.2 Å². The lowest BCUT2D eigenvalue weighted by atomic mass is 10.1. The van der Waals surface area contributed by atoms with E-state index < -0.39 is 17.1 Å². The summed E-state index contributed by atoms with van der Waals surface area (Å²) in [5.74, 6) is -0.738. The van der Waals surface area contributed by atoms with Crippen molar-refractivity contribution >= 4 is 32.3 Å². The summed E-state index contributed by atoms with van der Waals surface area (Å²) >= 11 is 1.08. The van der Waals surface area contributed by atoms with Crippen LogP contribution in [0.2, 0.25) is 0 Å². The molecule has 0 aliphatic rings.